The second kappa shape index (κ2) is 6.36. The van der Waals surface area contributed by atoms with Crippen LogP contribution in [0, 0.1) is 0 Å². The Labute approximate surface area is 91.7 Å². The second-order valence-electron chi connectivity index (χ2n) is 3.80. The molecule has 15 heavy (non-hydrogen) atoms. The van der Waals surface area contributed by atoms with Crippen molar-refractivity contribution in [1.82, 2.24) is 4.98 Å². The maximum atomic E-state index is 8.80. The monoisotopic (exact) mass is 205 g/mol. The van der Waals surface area contributed by atoms with E-state index >= 15 is 0 Å². The molecule has 0 radical (unpaired) electrons. The molecule has 1 atom stereocenters. The fraction of sp³-hybridized carbons (Fsp3) is 0.462. The molecule has 1 rings (SSSR count). The Balaban J connectivity index is 2.69. The molecule has 0 spiro atoms. The highest BCUT2D eigenvalue weighted by Gasteiger charge is 2.10. The highest BCUT2D eigenvalue weighted by Crippen LogP contribution is 2.24. The molecule has 0 amide bonds. The summed E-state index contributed by atoms with van der Waals surface area (Å²) in [5.74, 6) is 0.467. The van der Waals surface area contributed by atoms with Gasteiger partial charge in [0.2, 0.25) is 0 Å². The SMILES string of the molecule is CCC(CC(C)=CCO)c1ccccn1. The van der Waals surface area contributed by atoms with Crippen molar-refractivity contribution < 1.29 is 5.11 Å². The van der Waals surface area contributed by atoms with E-state index in [4.69, 9.17) is 5.11 Å². The van der Waals surface area contributed by atoms with Gasteiger partial charge in [0.15, 0.2) is 0 Å². The van der Waals surface area contributed by atoms with Gasteiger partial charge in [0.05, 0.1) is 6.61 Å². The van der Waals surface area contributed by atoms with Crippen LogP contribution >= 0.6 is 0 Å². The minimum atomic E-state index is 0.129. The summed E-state index contributed by atoms with van der Waals surface area (Å²) in [6.07, 6.45) is 5.76. The first-order valence-corrected chi connectivity index (χ1v) is 5.45. The van der Waals surface area contributed by atoms with Crippen molar-refractivity contribution in [2.75, 3.05) is 6.61 Å². The number of pyridine rings is 1. The summed E-state index contributed by atoms with van der Waals surface area (Å²) in [5.41, 5.74) is 2.38. The van der Waals surface area contributed by atoms with E-state index < -0.39 is 0 Å². The summed E-state index contributed by atoms with van der Waals surface area (Å²) in [6.45, 7) is 4.36. The van der Waals surface area contributed by atoms with Crippen LogP contribution in [0.3, 0.4) is 0 Å². The van der Waals surface area contributed by atoms with Crippen LogP contribution in [0.25, 0.3) is 0 Å². The molecule has 1 N–H and O–H groups in total. The molecule has 2 heteroatoms. The van der Waals surface area contributed by atoms with Crippen LogP contribution < -0.4 is 0 Å². The Bertz CT molecular complexity index is 306. The lowest BCUT2D eigenvalue weighted by atomic mass is 9.94. The van der Waals surface area contributed by atoms with Gasteiger partial charge in [0.1, 0.15) is 0 Å². The summed E-state index contributed by atoms with van der Waals surface area (Å²) in [6, 6.07) is 6.03. The molecule has 1 heterocycles. The quantitative estimate of drug-likeness (QED) is 0.750. The first kappa shape index (κ1) is 11.9. The molecule has 1 unspecified atom stereocenters. The predicted octanol–water partition coefficient (Wildman–Crippen LogP) is 2.90. The smallest absolute Gasteiger partial charge is 0.0614 e. The molecule has 1 aromatic rings. The van der Waals surface area contributed by atoms with Gasteiger partial charge in [-0.1, -0.05) is 24.6 Å². The van der Waals surface area contributed by atoms with Crippen molar-refractivity contribution in [3.63, 3.8) is 0 Å². The van der Waals surface area contributed by atoms with Gasteiger partial charge in [-0.15, -0.1) is 0 Å². The van der Waals surface area contributed by atoms with E-state index in [-0.39, 0.29) is 6.61 Å². The van der Waals surface area contributed by atoms with Gasteiger partial charge >= 0.3 is 0 Å². The van der Waals surface area contributed by atoms with Crippen molar-refractivity contribution in [3.05, 3.63) is 41.7 Å². The van der Waals surface area contributed by atoms with E-state index in [9.17, 15) is 0 Å². The van der Waals surface area contributed by atoms with Gasteiger partial charge in [-0.25, -0.2) is 0 Å². The van der Waals surface area contributed by atoms with E-state index in [2.05, 4.69) is 24.9 Å². The molecule has 0 aliphatic carbocycles. The van der Waals surface area contributed by atoms with Crippen molar-refractivity contribution in [2.24, 2.45) is 0 Å². The number of allylic oxidation sites excluding steroid dienone is 1. The Morgan fingerprint density at radius 3 is 2.87 bits per heavy atom. The van der Waals surface area contributed by atoms with Gasteiger partial charge in [0.25, 0.3) is 0 Å². The van der Waals surface area contributed by atoms with Crippen LogP contribution in [0.4, 0.5) is 0 Å². The largest absolute Gasteiger partial charge is 0.392 e. The molecule has 0 aliphatic rings. The number of nitrogens with zero attached hydrogens (tertiary/aromatic N) is 1. The van der Waals surface area contributed by atoms with Crippen LogP contribution in [0.1, 0.15) is 38.3 Å². The standard InChI is InChI=1S/C13H19NO/c1-3-12(10-11(2)7-9-15)13-6-4-5-8-14-13/h4-8,12,15H,3,9-10H2,1-2H3. The third kappa shape index (κ3) is 3.84. The van der Waals surface area contributed by atoms with Crippen LogP contribution in [0.2, 0.25) is 0 Å². The van der Waals surface area contributed by atoms with Gasteiger partial charge in [0, 0.05) is 17.8 Å². The summed E-state index contributed by atoms with van der Waals surface area (Å²) in [5, 5.41) is 8.80. The maximum Gasteiger partial charge on any atom is 0.0614 e. The predicted molar refractivity (Wildman–Crippen MR) is 62.7 cm³/mol. The summed E-state index contributed by atoms with van der Waals surface area (Å²) < 4.78 is 0. The zero-order valence-electron chi connectivity index (χ0n) is 9.48. The molecule has 0 aromatic carbocycles. The normalized spacial score (nSPS) is 13.9. The molecule has 0 saturated carbocycles. The Kier molecular flexibility index (Phi) is 5.05. The number of hydrogen-bond acceptors (Lipinski definition) is 2. The Morgan fingerprint density at radius 2 is 2.33 bits per heavy atom. The van der Waals surface area contributed by atoms with Crippen molar-refractivity contribution in [3.8, 4) is 0 Å². The molecule has 0 fully saturated rings. The number of aliphatic hydroxyl groups is 1. The lowest BCUT2D eigenvalue weighted by Crippen LogP contribution is -2.00. The average molecular weight is 205 g/mol. The number of rotatable bonds is 5. The maximum absolute atomic E-state index is 8.80. The first-order valence-electron chi connectivity index (χ1n) is 5.45. The van der Waals surface area contributed by atoms with Gasteiger partial charge < -0.3 is 5.11 Å². The highest BCUT2D eigenvalue weighted by molar-refractivity contribution is 5.13. The number of hydrogen-bond donors (Lipinski definition) is 1. The number of aromatic nitrogens is 1. The summed E-state index contributed by atoms with van der Waals surface area (Å²) in [4.78, 5) is 4.37. The lowest BCUT2D eigenvalue weighted by Gasteiger charge is -2.14. The van der Waals surface area contributed by atoms with Crippen LogP contribution in [-0.4, -0.2) is 16.7 Å². The Hall–Kier alpha value is -1.15. The molecule has 0 saturated heterocycles. The molecular weight excluding hydrogens is 186 g/mol. The molecule has 0 aliphatic heterocycles. The first-order chi connectivity index (χ1) is 7.27. The fourth-order valence-corrected chi connectivity index (χ4v) is 1.70. The zero-order chi connectivity index (χ0) is 11.1. The van der Waals surface area contributed by atoms with Crippen LogP contribution in [0.15, 0.2) is 36.0 Å². The third-order valence-electron chi connectivity index (χ3n) is 2.61. The van der Waals surface area contributed by atoms with E-state index in [1.807, 2.05) is 24.4 Å². The van der Waals surface area contributed by atoms with Gasteiger partial charge in [-0.2, -0.15) is 0 Å². The van der Waals surface area contributed by atoms with Crippen LogP contribution in [0.5, 0.6) is 0 Å². The zero-order valence-corrected chi connectivity index (χ0v) is 9.48. The van der Waals surface area contributed by atoms with E-state index in [0.29, 0.717) is 5.92 Å². The fourth-order valence-electron chi connectivity index (χ4n) is 1.70. The summed E-state index contributed by atoms with van der Waals surface area (Å²) >= 11 is 0. The summed E-state index contributed by atoms with van der Waals surface area (Å²) in [7, 11) is 0. The van der Waals surface area contributed by atoms with Crippen molar-refractivity contribution >= 4 is 0 Å². The minimum absolute atomic E-state index is 0.129. The van der Waals surface area contributed by atoms with Crippen molar-refractivity contribution in [2.45, 2.75) is 32.6 Å². The van der Waals surface area contributed by atoms with Crippen LogP contribution in [-0.2, 0) is 0 Å². The lowest BCUT2D eigenvalue weighted by molar-refractivity contribution is 0.341. The third-order valence-corrected chi connectivity index (χ3v) is 2.61. The van der Waals surface area contributed by atoms with Gasteiger partial charge in [-0.3, -0.25) is 4.98 Å². The minimum Gasteiger partial charge on any atom is -0.392 e. The molecule has 1 aromatic heterocycles. The molecule has 2 nitrogen and oxygen atoms in total. The number of aliphatic hydroxyl groups excluding tert-OH is 1. The van der Waals surface area contributed by atoms with E-state index in [0.717, 1.165) is 18.5 Å². The van der Waals surface area contributed by atoms with E-state index in [1.54, 1.807) is 0 Å². The van der Waals surface area contributed by atoms with Gasteiger partial charge in [-0.05, 0) is 31.9 Å². The average Bonchev–Trinajstić information content (AvgIpc) is 2.27. The molecule has 0 bridgehead atoms. The molecular formula is C13H19NO. The molecule has 82 valence electrons. The topological polar surface area (TPSA) is 33.1 Å². The van der Waals surface area contributed by atoms with E-state index in [1.165, 1.54) is 5.57 Å². The highest BCUT2D eigenvalue weighted by atomic mass is 16.2. The second-order valence-corrected chi connectivity index (χ2v) is 3.80. The Morgan fingerprint density at radius 1 is 1.53 bits per heavy atom. The van der Waals surface area contributed by atoms with Crippen molar-refractivity contribution in [1.29, 1.82) is 0 Å².